The van der Waals surface area contributed by atoms with Gasteiger partial charge in [-0.15, -0.1) is 11.3 Å². The van der Waals surface area contributed by atoms with Crippen LogP contribution < -0.4 is 10.6 Å². The summed E-state index contributed by atoms with van der Waals surface area (Å²) in [5.74, 6) is 0. The van der Waals surface area contributed by atoms with Crippen LogP contribution in [0.2, 0.25) is 10.0 Å². The summed E-state index contributed by atoms with van der Waals surface area (Å²) in [5.41, 5.74) is 1.60. The molecular formula is C16H20Cl2N4O3S. The molecule has 0 aliphatic rings. The molecule has 142 valence electrons. The number of nitrogens with zero attached hydrogens (tertiary/aromatic N) is 2. The van der Waals surface area contributed by atoms with Gasteiger partial charge in [-0.3, -0.25) is 10.2 Å². The van der Waals surface area contributed by atoms with Crippen molar-refractivity contribution in [3.8, 4) is 0 Å². The first-order valence-electron chi connectivity index (χ1n) is 7.78. The van der Waals surface area contributed by atoms with Crippen LogP contribution in [0, 0.1) is 0 Å². The van der Waals surface area contributed by atoms with Crippen molar-refractivity contribution in [3.63, 3.8) is 0 Å². The fraction of sp³-hybridized carbons (Fsp3) is 0.375. The van der Waals surface area contributed by atoms with Gasteiger partial charge in [0.05, 0.1) is 28.5 Å². The van der Waals surface area contributed by atoms with E-state index in [1.807, 2.05) is 17.3 Å². The fourth-order valence-electron chi connectivity index (χ4n) is 2.17. The largest absolute Gasteiger partial charge is 0.394 e. The number of aliphatic hydroxyl groups is 2. The predicted molar refractivity (Wildman–Crippen MR) is 104 cm³/mol. The van der Waals surface area contributed by atoms with Crippen molar-refractivity contribution in [1.82, 2.24) is 15.2 Å². The minimum atomic E-state index is -0.789. The Labute approximate surface area is 165 Å². The van der Waals surface area contributed by atoms with Crippen molar-refractivity contribution >= 4 is 45.7 Å². The number of benzene rings is 1. The van der Waals surface area contributed by atoms with Crippen LogP contribution in [0.1, 0.15) is 11.3 Å². The van der Waals surface area contributed by atoms with Crippen LogP contribution in [-0.2, 0) is 13.1 Å². The Hall–Kier alpha value is -1.42. The lowest BCUT2D eigenvalue weighted by atomic mass is 10.2. The Morgan fingerprint density at radius 2 is 2.15 bits per heavy atom. The highest BCUT2D eigenvalue weighted by atomic mass is 35.5. The van der Waals surface area contributed by atoms with Crippen LogP contribution in [-0.4, -0.2) is 52.4 Å². The lowest BCUT2D eigenvalue weighted by Gasteiger charge is -2.17. The molecule has 1 heterocycles. The zero-order valence-corrected chi connectivity index (χ0v) is 16.4. The molecule has 0 fully saturated rings. The van der Waals surface area contributed by atoms with Crippen molar-refractivity contribution in [2.75, 3.05) is 25.5 Å². The number of likely N-dealkylation sites (N-methyl/N-ethyl adjacent to an activating group) is 1. The quantitative estimate of drug-likeness (QED) is 0.527. The Morgan fingerprint density at radius 3 is 2.85 bits per heavy atom. The highest BCUT2D eigenvalue weighted by molar-refractivity contribution is 7.13. The molecule has 0 radical (unpaired) electrons. The molecule has 0 spiro atoms. The summed E-state index contributed by atoms with van der Waals surface area (Å²) in [7, 11) is 1.81. The topological polar surface area (TPSA) is 97.7 Å². The second-order valence-electron chi connectivity index (χ2n) is 5.73. The van der Waals surface area contributed by atoms with E-state index in [4.69, 9.17) is 28.3 Å². The molecule has 0 saturated carbocycles. The van der Waals surface area contributed by atoms with Crippen molar-refractivity contribution < 1.29 is 15.0 Å². The Bertz CT molecular complexity index is 744. The highest BCUT2D eigenvalue weighted by Crippen LogP contribution is 2.22. The van der Waals surface area contributed by atoms with Crippen LogP contribution in [0.15, 0.2) is 23.6 Å². The van der Waals surface area contributed by atoms with Gasteiger partial charge in [0.25, 0.3) is 0 Å². The first kappa shape index (κ1) is 20.9. The Morgan fingerprint density at radius 1 is 1.38 bits per heavy atom. The minimum absolute atomic E-state index is 0.285. The molecule has 4 N–H and O–H groups in total. The molecule has 26 heavy (non-hydrogen) atoms. The van der Waals surface area contributed by atoms with E-state index in [2.05, 4.69) is 15.6 Å². The Kier molecular flexibility index (Phi) is 8.08. The summed E-state index contributed by atoms with van der Waals surface area (Å²) in [4.78, 5) is 18.1. The van der Waals surface area contributed by atoms with Gasteiger partial charge >= 0.3 is 6.03 Å². The lowest BCUT2D eigenvalue weighted by molar-refractivity contribution is 0.0645. The maximum atomic E-state index is 12.0. The van der Waals surface area contributed by atoms with Crippen molar-refractivity contribution in [1.29, 1.82) is 0 Å². The number of halogens is 2. The Balaban J connectivity index is 1.80. The van der Waals surface area contributed by atoms with Gasteiger partial charge < -0.3 is 15.5 Å². The van der Waals surface area contributed by atoms with Crippen molar-refractivity contribution in [2.45, 2.75) is 19.2 Å². The molecule has 10 heteroatoms. The summed E-state index contributed by atoms with van der Waals surface area (Å²) in [6, 6.07) is 4.78. The molecule has 2 amide bonds. The third-order valence-electron chi connectivity index (χ3n) is 3.37. The first-order chi connectivity index (χ1) is 12.4. The van der Waals surface area contributed by atoms with Crippen molar-refractivity contribution in [2.24, 2.45) is 0 Å². The molecule has 7 nitrogen and oxygen atoms in total. The number of nitrogens with one attached hydrogen (secondary N) is 2. The second-order valence-corrected chi connectivity index (χ2v) is 7.41. The predicted octanol–water partition coefficient (Wildman–Crippen LogP) is 2.56. The van der Waals surface area contributed by atoms with E-state index >= 15 is 0 Å². The zero-order valence-electron chi connectivity index (χ0n) is 14.1. The van der Waals surface area contributed by atoms with Crippen LogP contribution in [0.3, 0.4) is 0 Å². The van der Waals surface area contributed by atoms with E-state index in [9.17, 15) is 9.90 Å². The van der Waals surface area contributed by atoms with Gasteiger partial charge in [0, 0.05) is 25.0 Å². The van der Waals surface area contributed by atoms with Gasteiger partial charge in [-0.1, -0.05) is 29.3 Å². The third-order valence-corrected chi connectivity index (χ3v) is 4.92. The van der Waals surface area contributed by atoms with E-state index in [0.717, 1.165) is 11.3 Å². The van der Waals surface area contributed by atoms with Gasteiger partial charge in [0.15, 0.2) is 5.13 Å². The van der Waals surface area contributed by atoms with E-state index < -0.39 is 6.10 Å². The fourth-order valence-corrected chi connectivity index (χ4v) is 3.19. The summed E-state index contributed by atoms with van der Waals surface area (Å²) < 4.78 is 0. The average molecular weight is 419 g/mol. The normalized spacial score (nSPS) is 12.2. The van der Waals surface area contributed by atoms with E-state index in [1.165, 1.54) is 11.3 Å². The number of urea groups is 1. The maximum Gasteiger partial charge on any atom is 0.321 e. The first-order valence-corrected chi connectivity index (χ1v) is 9.41. The monoisotopic (exact) mass is 418 g/mol. The smallest absolute Gasteiger partial charge is 0.321 e. The van der Waals surface area contributed by atoms with Gasteiger partial charge in [-0.25, -0.2) is 9.78 Å². The lowest BCUT2D eigenvalue weighted by Crippen LogP contribution is -2.31. The molecule has 0 saturated heterocycles. The standard InChI is InChI=1S/C16H20Cl2N4O3S/c1-22(7-12(24)8-23)6-11-9-26-16(20-11)21-15(25)19-5-10-2-3-13(17)14(18)4-10/h2-4,9,12,23-24H,5-8H2,1H3,(H2,19,20,21,25). The maximum absolute atomic E-state index is 12.0. The average Bonchev–Trinajstić information content (AvgIpc) is 3.02. The molecule has 1 unspecified atom stereocenters. The van der Waals surface area contributed by atoms with Crippen LogP contribution in [0.4, 0.5) is 9.93 Å². The number of rotatable bonds is 8. The number of carbonyl (C=O) groups is 1. The molecule has 0 aliphatic heterocycles. The molecule has 1 aromatic heterocycles. The van der Waals surface area contributed by atoms with Gasteiger partial charge in [0.2, 0.25) is 0 Å². The third kappa shape index (κ3) is 6.71. The van der Waals surface area contributed by atoms with Crippen LogP contribution >= 0.6 is 34.5 Å². The van der Waals surface area contributed by atoms with Crippen LogP contribution in [0.5, 0.6) is 0 Å². The van der Waals surface area contributed by atoms with Gasteiger partial charge in [0.1, 0.15) is 0 Å². The molecule has 0 bridgehead atoms. The van der Waals surface area contributed by atoms with Crippen molar-refractivity contribution in [3.05, 3.63) is 44.9 Å². The summed E-state index contributed by atoms with van der Waals surface area (Å²) >= 11 is 13.1. The molecule has 0 aliphatic carbocycles. The van der Waals surface area contributed by atoms with E-state index in [1.54, 1.807) is 18.2 Å². The highest BCUT2D eigenvalue weighted by Gasteiger charge is 2.11. The van der Waals surface area contributed by atoms with E-state index in [0.29, 0.717) is 34.8 Å². The number of anilines is 1. The van der Waals surface area contributed by atoms with Gasteiger partial charge in [-0.2, -0.15) is 0 Å². The SMILES string of the molecule is CN(Cc1csc(NC(=O)NCc2ccc(Cl)c(Cl)c2)n1)CC(O)CO. The second kappa shape index (κ2) is 10.1. The van der Waals surface area contributed by atoms with Crippen LogP contribution in [0.25, 0.3) is 0 Å². The number of hydrogen-bond donors (Lipinski definition) is 4. The number of amides is 2. The number of hydrogen-bond acceptors (Lipinski definition) is 6. The number of thiazole rings is 1. The number of aromatic nitrogens is 1. The molecule has 2 rings (SSSR count). The van der Waals surface area contributed by atoms with Gasteiger partial charge in [-0.05, 0) is 24.7 Å². The minimum Gasteiger partial charge on any atom is -0.394 e. The zero-order chi connectivity index (χ0) is 19.1. The molecule has 1 atom stereocenters. The molecular weight excluding hydrogens is 399 g/mol. The summed E-state index contributed by atoms with van der Waals surface area (Å²) in [6.07, 6.45) is -0.789. The number of aliphatic hydroxyl groups excluding tert-OH is 2. The summed E-state index contributed by atoms with van der Waals surface area (Å²) in [5, 5.41) is 26.9. The molecule has 2 aromatic rings. The summed E-state index contributed by atoms with van der Waals surface area (Å²) in [6.45, 7) is 0.858. The number of carbonyl (C=O) groups excluding carboxylic acids is 1. The van der Waals surface area contributed by atoms with E-state index in [-0.39, 0.29) is 12.6 Å². The molecule has 1 aromatic carbocycles.